The molecule has 1 rings (SSSR count). The lowest BCUT2D eigenvalue weighted by Crippen LogP contribution is -2.29. The van der Waals surface area contributed by atoms with Crippen molar-refractivity contribution in [1.82, 2.24) is 5.32 Å². The Bertz CT molecular complexity index is 415. The second-order valence-corrected chi connectivity index (χ2v) is 5.86. The lowest BCUT2D eigenvalue weighted by Gasteiger charge is -2.22. The van der Waals surface area contributed by atoms with Gasteiger partial charge in [-0.2, -0.15) is 5.26 Å². The van der Waals surface area contributed by atoms with Gasteiger partial charge in [-0.25, -0.2) is 0 Å². The van der Waals surface area contributed by atoms with Crippen LogP contribution < -0.4 is 5.32 Å². The zero-order valence-corrected chi connectivity index (χ0v) is 11.4. The fourth-order valence-corrected chi connectivity index (χ4v) is 1.91. The maximum absolute atomic E-state index is 9.85. The van der Waals surface area contributed by atoms with E-state index in [2.05, 4.69) is 32.2 Å². The van der Waals surface area contributed by atoms with Crippen molar-refractivity contribution in [2.24, 2.45) is 5.41 Å². The first-order valence-electron chi connectivity index (χ1n) is 6.28. The van der Waals surface area contributed by atoms with Crippen molar-refractivity contribution in [1.29, 1.82) is 5.26 Å². The topological polar surface area (TPSA) is 56.0 Å². The maximum Gasteiger partial charge on any atom is 0.0991 e. The van der Waals surface area contributed by atoms with Crippen LogP contribution in [0.15, 0.2) is 24.3 Å². The smallest absolute Gasteiger partial charge is 0.0991 e. The van der Waals surface area contributed by atoms with Gasteiger partial charge in [-0.3, -0.25) is 0 Å². The van der Waals surface area contributed by atoms with Crippen LogP contribution in [0, 0.1) is 16.7 Å². The first-order valence-corrected chi connectivity index (χ1v) is 6.28. The summed E-state index contributed by atoms with van der Waals surface area (Å²) in [5.41, 5.74) is 1.88. The Balaban J connectivity index is 2.35. The Morgan fingerprint density at radius 3 is 2.72 bits per heavy atom. The van der Waals surface area contributed by atoms with Crippen molar-refractivity contribution >= 4 is 0 Å². The summed E-state index contributed by atoms with van der Waals surface area (Å²) in [6.07, 6.45) is 0.447. The van der Waals surface area contributed by atoms with Crippen molar-refractivity contribution < 1.29 is 5.11 Å². The van der Waals surface area contributed by atoms with Crippen LogP contribution in [0.25, 0.3) is 0 Å². The maximum atomic E-state index is 9.85. The predicted octanol–water partition coefficient (Wildman–Crippen LogP) is 2.44. The zero-order chi connectivity index (χ0) is 13.6. The highest BCUT2D eigenvalue weighted by Crippen LogP contribution is 2.20. The largest absolute Gasteiger partial charge is 0.392 e. The third kappa shape index (κ3) is 5.81. The van der Waals surface area contributed by atoms with Gasteiger partial charge in [0, 0.05) is 13.1 Å². The van der Waals surface area contributed by atoms with Crippen LogP contribution >= 0.6 is 0 Å². The fourth-order valence-electron chi connectivity index (χ4n) is 1.91. The lowest BCUT2D eigenvalue weighted by molar-refractivity contribution is 0.119. The van der Waals surface area contributed by atoms with Gasteiger partial charge in [0.05, 0.1) is 17.7 Å². The predicted molar refractivity (Wildman–Crippen MR) is 72.9 cm³/mol. The van der Waals surface area contributed by atoms with Gasteiger partial charge >= 0.3 is 0 Å². The van der Waals surface area contributed by atoms with Crippen molar-refractivity contribution in [3.05, 3.63) is 35.4 Å². The second kappa shape index (κ2) is 6.53. The molecule has 0 aliphatic rings. The van der Waals surface area contributed by atoms with Crippen LogP contribution in [0.4, 0.5) is 0 Å². The standard InChI is InChI=1S/C15H22N2O/c1-15(2,3)8-14(18)11-17-10-13-6-4-5-12(7-13)9-16/h4-7,14,17-18H,8,10-11H2,1-3H3. The molecule has 1 aromatic carbocycles. The van der Waals surface area contributed by atoms with Crippen molar-refractivity contribution in [3.63, 3.8) is 0 Å². The van der Waals surface area contributed by atoms with Gasteiger partial charge < -0.3 is 10.4 Å². The van der Waals surface area contributed by atoms with E-state index in [0.29, 0.717) is 18.7 Å². The average Bonchev–Trinajstić information content (AvgIpc) is 2.27. The minimum atomic E-state index is -0.329. The number of aliphatic hydroxyl groups is 1. The first-order chi connectivity index (χ1) is 8.40. The van der Waals surface area contributed by atoms with Gasteiger partial charge in [-0.1, -0.05) is 32.9 Å². The molecular formula is C15H22N2O. The first kappa shape index (κ1) is 14.7. The second-order valence-electron chi connectivity index (χ2n) is 5.86. The van der Waals surface area contributed by atoms with Crippen LogP contribution in [-0.4, -0.2) is 17.8 Å². The zero-order valence-electron chi connectivity index (χ0n) is 11.4. The number of aliphatic hydroxyl groups excluding tert-OH is 1. The molecule has 0 aliphatic carbocycles. The SMILES string of the molecule is CC(C)(C)CC(O)CNCc1cccc(C#N)c1. The number of nitriles is 1. The Kier molecular flexibility index (Phi) is 5.33. The lowest BCUT2D eigenvalue weighted by atomic mass is 9.89. The van der Waals surface area contributed by atoms with Crippen LogP contribution in [0.1, 0.15) is 38.3 Å². The summed E-state index contributed by atoms with van der Waals surface area (Å²) in [5.74, 6) is 0. The molecule has 18 heavy (non-hydrogen) atoms. The van der Waals surface area contributed by atoms with Gasteiger partial charge in [0.1, 0.15) is 0 Å². The van der Waals surface area contributed by atoms with Gasteiger partial charge in [0.15, 0.2) is 0 Å². The molecule has 2 N–H and O–H groups in total. The van der Waals surface area contributed by atoms with E-state index < -0.39 is 0 Å². The number of benzene rings is 1. The molecule has 98 valence electrons. The summed E-state index contributed by atoms with van der Waals surface area (Å²) in [7, 11) is 0. The fraction of sp³-hybridized carbons (Fsp3) is 0.533. The summed E-state index contributed by atoms with van der Waals surface area (Å²) in [6.45, 7) is 7.61. The molecule has 0 aliphatic heterocycles. The molecule has 1 atom stereocenters. The molecule has 0 bridgehead atoms. The van der Waals surface area contributed by atoms with Crippen LogP contribution in [0.2, 0.25) is 0 Å². The van der Waals surface area contributed by atoms with Gasteiger partial charge in [0.2, 0.25) is 0 Å². The molecular weight excluding hydrogens is 224 g/mol. The summed E-state index contributed by atoms with van der Waals surface area (Å²) in [4.78, 5) is 0. The summed E-state index contributed by atoms with van der Waals surface area (Å²) >= 11 is 0. The summed E-state index contributed by atoms with van der Waals surface area (Å²) in [6, 6.07) is 9.63. The normalized spacial score (nSPS) is 13.1. The Morgan fingerprint density at radius 2 is 2.11 bits per heavy atom. The number of rotatable bonds is 5. The molecule has 3 nitrogen and oxygen atoms in total. The molecule has 1 unspecified atom stereocenters. The molecule has 0 spiro atoms. The summed E-state index contributed by atoms with van der Waals surface area (Å²) < 4.78 is 0. The number of hydrogen-bond donors (Lipinski definition) is 2. The highest BCUT2D eigenvalue weighted by atomic mass is 16.3. The van der Waals surface area contributed by atoms with Gasteiger partial charge in [0.25, 0.3) is 0 Å². The van der Waals surface area contributed by atoms with E-state index in [4.69, 9.17) is 5.26 Å². The van der Waals surface area contributed by atoms with E-state index >= 15 is 0 Å². The van der Waals surface area contributed by atoms with E-state index in [1.54, 1.807) is 6.07 Å². The van der Waals surface area contributed by atoms with Crippen molar-refractivity contribution in [3.8, 4) is 6.07 Å². The van der Waals surface area contributed by atoms with Crippen LogP contribution in [0.3, 0.4) is 0 Å². The third-order valence-corrected chi connectivity index (χ3v) is 2.61. The quantitative estimate of drug-likeness (QED) is 0.839. The Hall–Kier alpha value is -1.37. The van der Waals surface area contributed by atoms with Crippen molar-refractivity contribution in [2.45, 2.75) is 39.8 Å². The van der Waals surface area contributed by atoms with Crippen LogP contribution in [-0.2, 0) is 6.54 Å². The van der Waals surface area contributed by atoms with E-state index in [-0.39, 0.29) is 11.5 Å². The van der Waals surface area contributed by atoms with Gasteiger partial charge in [-0.15, -0.1) is 0 Å². The Morgan fingerprint density at radius 1 is 1.39 bits per heavy atom. The van der Waals surface area contributed by atoms with E-state index in [1.807, 2.05) is 18.2 Å². The molecule has 0 fully saturated rings. The summed E-state index contributed by atoms with van der Waals surface area (Å²) in [5, 5.41) is 21.9. The van der Waals surface area contributed by atoms with Crippen molar-refractivity contribution in [2.75, 3.05) is 6.54 Å². The third-order valence-electron chi connectivity index (χ3n) is 2.61. The molecule has 0 aromatic heterocycles. The molecule has 1 aromatic rings. The highest BCUT2D eigenvalue weighted by Gasteiger charge is 2.16. The van der Waals surface area contributed by atoms with E-state index in [9.17, 15) is 5.11 Å². The molecule has 0 heterocycles. The monoisotopic (exact) mass is 246 g/mol. The number of nitrogens with zero attached hydrogens (tertiary/aromatic N) is 1. The van der Waals surface area contributed by atoms with E-state index in [1.165, 1.54) is 0 Å². The minimum absolute atomic E-state index is 0.141. The molecule has 0 amide bonds. The number of hydrogen-bond acceptors (Lipinski definition) is 3. The van der Waals surface area contributed by atoms with E-state index in [0.717, 1.165) is 12.0 Å². The molecule has 3 heteroatoms. The molecule has 0 radical (unpaired) electrons. The Labute approximate surface area is 109 Å². The average molecular weight is 246 g/mol. The number of nitrogens with one attached hydrogen (secondary N) is 1. The molecule has 0 saturated heterocycles. The minimum Gasteiger partial charge on any atom is -0.392 e. The van der Waals surface area contributed by atoms with Gasteiger partial charge in [-0.05, 0) is 29.5 Å². The van der Waals surface area contributed by atoms with Crippen LogP contribution in [0.5, 0.6) is 0 Å². The highest BCUT2D eigenvalue weighted by molar-refractivity contribution is 5.32. The molecule has 0 saturated carbocycles.